The SMILES string of the molecule is CN(Cc1ccc(N2CCOCC2)cc1)C(=O)c1ccc(=O)n(C)n1. The van der Waals surface area contributed by atoms with Gasteiger partial charge in [-0.3, -0.25) is 9.59 Å². The summed E-state index contributed by atoms with van der Waals surface area (Å²) in [5, 5.41) is 4.01. The van der Waals surface area contributed by atoms with Crippen LogP contribution in [-0.4, -0.2) is 53.9 Å². The van der Waals surface area contributed by atoms with Crippen LogP contribution < -0.4 is 10.5 Å². The second-order valence-corrected chi connectivity index (χ2v) is 6.11. The molecule has 0 unspecified atom stereocenters. The van der Waals surface area contributed by atoms with Crippen molar-refractivity contribution in [2.45, 2.75) is 6.54 Å². The zero-order chi connectivity index (χ0) is 17.8. The third kappa shape index (κ3) is 4.06. The van der Waals surface area contributed by atoms with Gasteiger partial charge in [0.05, 0.1) is 13.2 Å². The molecule has 0 bridgehead atoms. The van der Waals surface area contributed by atoms with Crippen molar-refractivity contribution in [1.82, 2.24) is 14.7 Å². The standard InChI is InChI=1S/C18H22N4O3/c1-20(18(24)16-7-8-17(23)21(2)19-16)13-14-3-5-15(6-4-14)22-9-11-25-12-10-22/h3-8H,9-13H2,1-2H3. The van der Waals surface area contributed by atoms with Crippen molar-refractivity contribution < 1.29 is 9.53 Å². The molecule has 1 saturated heterocycles. The number of amides is 1. The number of anilines is 1. The van der Waals surface area contributed by atoms with Gasteiger partial charge in [-0.1, -0.05) is 12.1 Å². The number of hydrogen-bond acceptors (Lipinski definition) is 5. The van der Waals surface area contributed by atoms with E-state index in [1.165, 1.54) is 24.9 Å². The molecule has 1 aliphatic rings. The Balaban J connectivity index is 1.65. The molecule has 25 heavy (non-hydrogen) atoms. The predicted molar refractivity (Wildman–Crippen MR) is 94.7 cm³/mol. The van der Waals surface area contributed by atoms with Crippen molar-refractivity contribution in [3.63, 3.8) is 0 Å². The molecule has 1 fully saturated rings. The van der Waals surface area contributed by atoms with Crippen LogP contribution in [0.2, 0.25) is 0 Å². The lowest BCUT2D eigenvalue weighted by Gasteiger charge is -2.29. The summed E-state index contributed by atoms with van der Waals surface area (Å²) in [6, 6.07) is 11.0. The molecule has 1 amide bonds. The largest absolute Gasteiger partial charge is 0.378 e. The van der Waals surface area contributed by atoms with Crippen LogP contribution in [0.15, 0.2) is 41.2 Å². The molecule has 1 aliphatic heterocycles. The van der Waals surface area contributed by atoms with E-state index in [-0.39, 0.29) is 17.2 Å². The maximum absolute atomic E-state index is 12.5. The lowest BCUT2D eigenvalue weighted by molar-refractivity contribution is 0.0776. The van der Waals surface area contributed by atoms with Crippen LogP contribution in [0.25, 0.3) is 0 Å². The third-order valence-corrected chi connectivity index (χ3v) is 4.26. The first-order chi connectivity index (χ1) is 12.0. The Hall–Kier alpha value is -2.67. The van der Waals surface area contributed by atoms with Gasteiger partial charge in [0.15, 0.2) is 0 Å². The quantitative estimate of drug-likeness (QED) is 0.825. The monoisotopic (exact) mass is 342 g/mol. The molecular weight excluding hydrogens is 320 g/mol. The first kappa shape index (κ1) is 17.2. The third-order valence-electron chi connectivity index (χ3n) is 4.26. The fourth-order valence-electron chi connectivity index (χ4n) is 2.79. The Morgan fingerprint density at radius 2 is 1.84 bits per heavy atom. The molecule has 0 N–H and O–H groups in total. The molecule has 7 nitrogen and oxygen atoms in total. The van der Waals surface area contributed by atoms with E-state index in [4.69, 9.17) is 4.74 Å². The molecule has 1 aromatic heterocycles. The van der Waals surface area contributed by atoms with Crippen LogP contribution in [0.1, 0.15) is 16.1 Å². The lowest BCUT2D eigenvalue weighted by atomic mass is 10.1. The van der Waals surface area contributed by atoms with E-state index < -0.39 is 0 Å². The molecule has 0 saturated carbocycles. The molecule has 3 rings (SSSR count). The second-order valence-electron chi connectivity index (χ2n) is 6.11. The van der Waals surface area contributed by atoms with Crippen molar-refractivity contribution in [2.24, 2.45) is 7.05 Å². The molecule has 132 valence electrons. The van der Waals surface area contributed by atoms with E-state index in [9.17, 15) is 9.59 Å². The molecule has 2 aromatic rings. The molecule has 7 heteroatoms. The number of aromatic nitrogens is 2. The van der Waals surface area contributed by atoms with Gasteiger partial charge in [-0.05, 0) is 23.8 Å². The van der Waals surface area contributed by atoms with E-state index in [2.05, 4.69) is 22.1 Å². The Kier molecular flexibility index (Phi) is 5.14. The first-order valence-electron chi connectivity index (χ1n) is 8.26. The predicted octanol–water partition coefficient (Wildman–Crippen LogP) is 0.889. The zero-order valence-electron chi connectivity index (χ0n) is 14.5. The van der Waals surface area contributed by atoms with Gasteiger partial charge < -0.3 is 14.5 Å². The number of morpholine rings is 1. The van der Waals surface area contributed by atoms with Crippen LogP contribution in [0.4, 0.5) is 5.69 Å². The number of aryl methyl sites for hydroxylation is 1. The van der Waals surface area contributed by atoms with E-state index in [0.29, 0.717) is 6.54 Å². The van der Waals surface area contributed by atoms with Crippen molar-refractivity contribution in [3.8, 4) is 0 Å². The molecule has 2 heterocycles. The van der Waals surface area contributed by atoms with Crippen molar-refractivity contribution in [1.29, 1.82) is 0 Å². The number of carbonyl (C=O) groups excluding carboxylic acids is 1. The second kappa shape index (κ2) is 7.48. The van der Waals surface area contributed by atoms with Gasteiger partial charge in [0.2, 0.25) is 0 Å². The van der Waals surface area contributed by atoms with Gasteiger partial charge in [-0.25, -0.2) is 4.68 Å². The highest BCUT2D eigenvalue weighted by atomic mass is 16.5. The number of carbonyl (C=O) groups is 1. The average molecular weight is 342 g/mol. The molecular formula is C18H22N4O3. The smallest absolute Gasteiger partial charge is 0.274 e. The first-order valence-corrected chi connectivity index (χ1v) is 8.26. The van der Waals surface area contributed by atoms with Crippen molar-refractivity contribution in [3.05, 3.63) is 58.0 Å². The zero-order valence-corrected chi connectivity index (χ0v) is 14.5. The Labute approximate surface area is 146 Å². The number of rotatable bonds is 4. The molecule has 0 spiro atoms. The normalized spacial score (nSPS) is 14.4. The summed E-state index contributed by atoms with van der Waals surface area (Å²) in [5.74, 6) is -0.215. The fourth-order valence-corrected chi connectivity index (χ4v) is 2.79. The topological polar surface area (TPSA) is 67.7 Å². The van der Waals surface area contributed by atoms with E-state index in [1.807, 2.05) is 12.1 Å². The maximum atomic E-state index is 12.5. The van der Waals surface area contributed by atoms with Gasteiger partial charge in [-0.15, -0.1) is 0 Å². The van der Waals surface area contributed by atoms with Gasteiger partial charge in [0.1, 0.15) is 5.69 Å². The minimum atomic E-state index is -0.238. The van der Waals surface area contributed by atoms with Gasteiger partial charge >= 0.3 is 0 Å². The van der Waals surface area contributed by atoms with Gasteiger partial charge in [0, 0.05) is 45.5 Å². The highest BCUT2D eigenvalue weighted by Gasteiger charge is 2.15. The summed E-state index contributed by atoms with van der Waals surface area (Å²) < 4.78 is 6.53. The summed E-state index contributed by atoms with van der Waals surface area (Å²) in [7, 11) is 3.26. The molecule has 0 atom stereocenters. The number of ether oxygens (including phenoxy) is 1. The average Bonchev–Trinajstić information content (AvgIpc) is 2.64. The number of benzene rings is 1. The highest BCUT2D eigenvalue weighted by molar-refractivity contribution is 5.91. The summed E-state index contributed by atoms with van der Waals surface area (Å²) in [5.41, 5.74) is 2.23. The van der Waals surface area contributed by atoms with Crippen LogP contribution in [0, 0.1) is 0 Å². The minimum Gasteiger partial charge on any atom is -0.378 e. The number of nitrogens with zero attached hydrogens (tertiary/aromatic N) is 4. The Morgan fingerprint density at radius 1 is 1.16 bits per heavy atom. The molecule has 0 radical (unpaired) electrons. The highest BCUT2D eigenvalue weighted by Crippen LogP contribution is 2.17. The fraction of sp³-hybridized carbons (Fsp3) is 0.389. The van der Waals surface area contributed by atoms with Crippen LogP contribution >= 0.6 is 0 Å². The van der Waals surface area contributed by atoms with Crippen LogP contribution in [0.5, 0.6) is 0 Å². The van der Waals surface area contributed by atoms with Gasteiger partial charge in [0.25, 0.3) is 11.5 Å². The van der Waals surface area contributed by atoms with Gasteiger partial charge in [-0.2, -0.15) is 5.10 Å². The van der Waals surface area contributed by atoms with E-state index in [0.717, 1.165) is 36.5 Å². The minimum absolute atomic E-state index is 0.215. The van der Waals surface area contributed by atoms with Crippen molar-refractivity contribution in [2.75, 3.05) is 38.3 Å². The Bertz CT molecular complexity index is 795. The number of hydrogen-bond donors (Lipinski definition) is 0. The van der Waals surface area contributed by atoms with Crippen LogP contribution in [-0.2, 0) is 18.3 Å². The lowest BCUT2D eigenvalue weighted by Crippen LogP contribution is -2.36. The summed E-state index contributed by atoms with van der Waals surface area (Å²) in [6.45, 7) is 3.79. The Morgan fingerprint density at radius 3 is 2.48 bits per heavy atom. The molecule has 0 aliphatic carbocycles. The van der Waals surface area contributed by atoms with Crippen LogP contribution in [0.3, 0.4) is 0 Å². The summed E-state index contributed by atoms with van der Waals surface area (Å²) in [6.07, 6.45) is 0. The molecule has 1 aromatic carbocycles. The maximum Gasteiger partial charge on any atom is 0.274 e. The summed E-state index contributed by atoms with van der Waals surface area (Å²) >= 11 is 0. The van der Waals surface area contributed by atoms with E-state index in [1.54, 1.807) is 11.9 Å². The van der Waals surface area contributed by atoms with E-state index >= 15 is 0 Å². The summed E-state index contributed by atoms with van der Waals surface area (Å²) in [4.78, 5) is 27.7. The van der Waals surface area contributed by atoms with Crippen molar-refractivity contribution >= 4 is 11.6 Å².